The first kappa shape index (κ1) is 15.1. The third-order valence-corrected chi connectivity index (χ3v) is 3.82. The first-order valence-corrected chi connectivity index (χ1v) is 7.21. The van der Waals surface area contributed by atoms with Gasteiger partial charge in [-0.3, -0.25) is 9.59 Å². The molecule has 1 aromatic carbocycles. The molecule has 2 rings (SSSR count). The minimum absolute atomic E-state index is 0.0275. The van der Waals surface area contributed by atoms with E-state index in [0.717, 1.165) is 5.56 Å². The molecule has 1 amide bonds. The van der Waals surface area contributed by atoms with Crippen LogP contribution in [0.1, 0.15) is 21.7 Å². The minimum Gasteiger partial charge on any atom is -0.496 e. The molecule has 1 heterocycles. The summed E-state index contributed by atoms with van der Waals surface area (Å²) in [5.41, 5.74) is 1.44. The van der Waals surface area contributed by atoms with Crippen LogP contribution in [0.25, 0.3) is 0 Å². The molecule has 0 aliphatic carbocycles. The molecule has 0 saturated carbocycles. The average Bonchev–Trinajstić information content (AvgIpc) is 2.95. The zero-order valence-corrected chi connectivity index (χ0v) is 12.3. The molecular weight excluding hydrogens is 290 g/mol. The van der Waals surface area contributed by atoms with Crippen molar-refractivity contribution in [1.29, 1.82) is 0 Å². The molecule has 0 spiro atoms. The molecule has 0 atom stereocenters. The van der Waals surface area contributed by atoms with Crippen molar-refractivity contribution in [2.75, 3.05) is 12.4 Å². The van der Waals surface area contributed by atoms with Crippen molar-refractivity contribution in [3.05, 3.63) is 46.2 Å². The molecule has 0 aliphatic heterocycles. The number of amides is 1. The van der Waals surface area contributed by atoms with Gasteiger partial charge in [0.1, 0.15) is 5.75 Å². The third kappa shape index (κ3) is 4.06. The number of aryl methyl sites for hydroxylation is 1. The summed E-state index contributed by atoms with van der Waals surface area (Å²) in [4.78, 5) is 23.4. The van der Waals surface area contributed by atoms with Gasteiger partial charge in [0.15, 0.2) is 0 Å². The Balaban J connectivity index is 2.11. The number of hydrogen-bond acceptors (Lipinski definition) is 4. The summed E-state index contributed by atoms with van der Waals surface area (Å²) in [5.74, 6) is -0.450. The summed E-state index contributed by atoms with van der Waals surface area (Å²) in [6.07, 6.45) is 0.402. The van der Waals surface area contributed by atoms with E-state index in [1.54, 1.807) is 30.7 Å². The van der Waals surface area contributed by atoms with Crippen molar-refractivity contribution in [3.8, 4) is 5.75 Å². The fraction of sp³-hybridized carbons (Fsp3) is 0.200. The summed E-state index contributed by atoms with van der Waals surface area (Å²) in [5, 5.41) is 13.3. The monoisotopic (exact) mass is 305 g/mol. The fourth-order valence-corrected chi connectivity index (χ4v) is 2.58. The van der Waals surface area contributed by atoms with Crippen molar-refractivity contribution < 1.29 is 19.4 Å². The smallest absolute Gasteiger partial charge is 0.303 e. The van der Waals surface area contributed by atoms with Gasteiger partial charge in [-0.05, 0) is 18.1 Å². The molecular formula is C15H15NO4S. The minimum atomic E-state index is -0.862. The molecule has 0 bridgehead atoms. The molecule has 1 aromatic heterocycles. The van der Waals surface area contributed by atoms with Crippen LogP contribution in [-0.4, -0.2) is 24.1 Å². The number of para-hydroxylation sites is 1. The highest BCUT2D eigenvalue weighted by atomic mass is 32.1. The Morgan fingerprint density at radius 1 is 1.33 bits per heavy atom. The van der Waals surface area contributed by atoms with Crippen molar-refractivity contribution >= 4 is 28.9 Å². The quantitative estimate of drug-likeness (QED) is 0.860. The average molecular weight is 305 g/mol. The number of ether oxygens (including phenoxy) is 1. The number of benzene rings is 1. The van der Waals surface area contributed by atoms with E-state index in [1.165, 1.54) is 11.3 Å². The molecule has 0 radical (unpaired) electrons. The van der Waals surface area contributed by atoms with E-state index in [1.807, 2.05) is 12.1 Å². The van der Waals surface area contributed by atoms with Crippen molar-refractivity contribution in [2.24, 2.45) is 0 Å². The van der Waals surface area contributed by atoms with Crippen molar-refractivity contribution in [2.45, 2.75) is 12.8 Å². The molecule has 0 aliphatic rings. The van der Waals surface area contributed by atoms with Gasteiger partial charge in [-0.15, -0.1) is 11.3 Å². The standard InChI is InChI=1S/C15H15NO4S/c1-20-11-8-13(21-9-11)15(19)16-12-5-3-2-4-10(12)6-7-14(17)18/h2-5,8-9H,6-7H2,1H3,(H,16,19)(H,17,18). The number of anilines is 1. The molecule has 21 heavy (non-hydrogen) atoms. The summed E-state index contributed by atoms with van der Waals surface area (Å²) in [6.45, 7) is 0. The maximum Gasteiger partial charge on any atom is 0.303 e. The lowest BCUT2D eigenvalue weighted by atomic mass is 10.1. The Kier molecular flexibility index (Phi) is 4.94. The van der Waals surface area contributed by atoms with Crippen LogP contribution >= 0.6 is 11.3 Å². The van der Waals surface area contributed by atoms with Gasteiger partial charge in [-0.25, -0.2) is 0 Å². The van der Waals surface area contributed by atoms with Crippen LogP contribution in [0.2, 0.25) is 0 Å². The number of nitrogens with one attached hydrogen (secondary N) is 1. The van der Waals surface area contributed by atoms with E-state index in [0.29, 0.717) is 22.7 Å². The van der Waals surface area contributed by atoms with Gasteiger partial charge in [0.25, 0.3) is 5.91 Å². The number of carboxylic acids is 1. The fourth-order valence-electron chi connectivity index (χ4n) is 1.83. The second-order valence-electron chi connectivity index (χ2n) is 4.36. The molecule has 2 aromatic rings. The third-order valence-electron chi connectivity index (χ3n) is 2.91. The second-order valence-corrected chi connectivity index (χ2v) is 5.27. The van der Waals surface area contributed by atoms with E-state index < -0.39 is 5.97 Å². The van der Waals surface area contributed by atoms with Gasteiger partial charge in [0.05, 0.1) is 12.0 Å². The molecule has 0 saturated heterocycles. The Bertz CT molecular complexity index is 651. The Hall–Kier alpha value is -2.34. The summed E-state index contributed by atoms with van der Waals surface area (Å²) in [7, 11) is 1.55. The number of carboxylic acid groups (broad SMARTS) is 1. The molecule has 0 fully saturated rings. The predicted octanol–water partition coefficient (Wildman–Crippen LogP) is 3.03. The molecule has 6 heteroatoms. The topological polar surface area (TPSA) is 75.6 Å². The SMILES string of the molecule is COc1csc(C(=O)Nc2ccccc2CCC(=O)O)c1. The first-order chi connectivity index (χ1) is 10.1. The molecule has 0 unspecified atom stereocenters. The van der Waals surface area contributed by atoms with Crippen molar-refractivity contribution in [1.82, 2.24) is 0 Å². The highest BCUT2D eigenvalue weighted by Gasteiger charge is 2.12. The van der Waals surface area contributed by atoms with Crippen LogP contribution in [0.3, 0.4) is 0 Å². The van der Waals surface area contributed by atoms with Gasteiger partial charge >= 0.3 is 5.97 Å². The van der Waals surface area contributed by atoms with Crippen LogP contribution in [0.15, 0.2) is 35.7 Å². The number of rotatable bonds is 6. The predicted molar refractivity (Wildman–Crippen MR) is 81.2 cm³/mol. The van der Waals surface area contributed by atoms with Gasteiger partial charge in [0, 0.05) is 23.6 Å². The lowest BCUT2D eigenvalue weighted by Gasteiger charge is -2.09. The number of methoxy groups -OCH3 is 1. The number of carbonyl (C=O) groups is 2. The molecule has 5 nitrogen and oxygen atoms in total. The van der Waals surface area contributed by atoms with Crippen molar-refractivity contribution in [3.63, 3.8) is 0 Å². The Morgan fingerprint density at radius 3 is 2.76 bits per heavy atom. The summed E-state index contributed by atoms with van der Waals surface area (Å²) >= 11 is 1.29. The lowest BCUT2D eigenvalue weighted by molar-refractivity contribution is -0.136. The summed E-state index contributed by atoms with van der Waals surface area (Å²) < 4.78 is 5.05. The lowest BCUT2D eigenvalue weighted by Crippen LogP contribution is -2.12. The number of hydrogen-bond donors (Lipinski definition) is 2. The molecule has 2 N–H and O–H groups in total. The zero-order valence-electron chi connectivity index (χ0n) is 11.5. The van der Waals surface area contributed by atoms with Gasteiger partial charge in [-0.2, -0.15) is 0 Å². The highest BCUT2D eigenvalue weighted by molar-refractivity contribution is 7.12. The van der Waals surface area contributed by atoms with Gasteiger partial charge in [0.2, 0.25) is 0 Å². The van der Waals surface area contributed by atoms with Crippen LogP contribution in [0.4, 0.5) is 5.69 Å². The first-order valence-electron chi connectivity index (χ1n) is 6.33. The van der Waals surface area contributed by atoms with Gasteiger partial charge in [-0.1, -0.05) is 18.2 Å². The van der Waals surface area contributed by atoms with Crippen LogP contribution in [0, 0.1) is 0 Å². The van der Waals surface area contributed by atoms with E-state index in [4.69, 9.17) is 9.84 Å². The zero-order chi connectivity index (χ0) is 15.2. The van der Waals surface area contributed by atoms with E-state index >= 15 is 0 Å². The molecule has 110 valence electrons. The second kappa shape index (κ2) is 6.90. The van der Waals surface area contributed by atoms with E-state index in [-0.39, 0.29) is 12.3 Å². The largest absolute Gasteiger partial charge is 0.496 e. The summed E-state index contributed by atoms with van der Waals surface area (Å²) in [6, 6.07) is 8.86. The normalized spacial score (nSPS) is 10.1. The van der Waals surface area contributed by atoms with E-state index in [2.05, 4.69) is 5.32 Å². The highest BCUT2D eigenvalue weighted by Crippen LogP contribution is 2.23. The Labute approximate surface area is 126 Å². The van der Waals surface area contributed by atoms with E-state index in [9.17, 15) is 9.59 Å². The Morgan fingerprint density at radius 2 is 2.10 bits per heavy atom. The maximum absolute atomic E-state index is 12.2. The number of thiophene rings is 1. The van der Waals surface area contributed by atoms with Gasteiger partial charge < -0.3 is 15.2 Å². The van der Waals surface area contributed by atoms with Crippen LogP contribution < -0.4 is 10.1 Å². The van der Waals surface area contributed by atoms with Crippen LogP contribution in [0.5, 0.6) is 5.75 Å². The number of aliphatic carboxylic acids is 1. The number of carbonyl (C=O) groups excluding carboxylic acids is 1. The maximum atomic E-state index is 12.2. The van der Waals surface area contributed by atoms with Crippen LogP contribution in [-0.2, 0) is 11.2 Å².